The molecule has 0 radical (unpaired) electrons. The zero-order chi connectivity index (χ0) is 27.4. The van der Waals surface area contributed by atoms with Crippen molar-refractivity contribution in [2.75, 3.05) is 7.11 Å². The van der Waals surface area contributed by atoms with E-state index in [0.717, 1.165) is 6.07 Å². The topological polar surface area (TPSA) is 93.5 Å². The quantitative estimate of drug-likeness (QED) is 0.318. The smallest absolute Gasteiger partial charge is 0.333 e. The van der Waals surface area contributed by atoms with Crippen molar-refractivity contribution in [3.8, 4) is 22.7 Å². The molecule has 196 valence electrons. The Labute approximate surface area is 218 Å². The molecule has 1 amide bonds. The van der Waals surface area contributed by atoms with Gasteiger partial charge in [0.2, 0.25) is 5.91 Å². The van der Waals surface area contributed by atoms with Gasteiger partial charge in [0.25, 0.3) is 0 Å². The molecule has 0 saturated carbocycles. The van der Waals surface area contributed by atoms with Crippen LogP contribution in [0, 0.1) is 18.6 Å². The van der Waals surface area contributed by atoms with Gasteiger partial charge in [-0.1, -0.05) is 18.2 Å². The van der Waals surface area contributed by atoms with E-state index in [-0.39, 0.29) is 18.4 Å². The molecule has 0 bridgehead atoms. The first-order valence-electron chi connectivity index (χ1n) is 11.9. The molecule has 0 aliphatic carbocycles. The van der Waals surface area contributed by atoms with Gasteiger partial charge in [-0.3, -0.25) is 4.79 Å². The van der Waals surface area contributed by atoms with E-state index >= 15 is 0 Å². The predicted octanol–water partition coefficient (Wildman–Crippen LogP) is 5.18. The highest BCUT2D eigenvalue weighted by Crippen LogP contribution is 2.27. The summed E-state index contributed by atoms with van der Waals surface area (Å²) in [5.41, 5.74) is 1.33. The standard InChI is InChI=1S/C29H27F2N3O4/c1-18-13-20(16-22(31)14-18)29(2,28(36)37)32-27(35)12-7-23-17-26(19-5-4-6-21(30)15-19)34(33-23)24-8-10-25(38-3)11-9-24/h4-6,8-11,13-17H,7,12H2,1-3H3,(H,32,35)(H,36,37). The first kappa shape index (κ1) is 26.5. The Balaban J connectivity index is 1.59. The molecule has 1 atom stereocenters. The third-order valence-electron chi connectivity index (χ3n) is 6.24. The minimum absolute atomic E-state index is 0.0701. The fraction of sp³-hybridized carbons (Fsp3) is 0.207. The van der Waals surface area contributed by atoms with Crippen LogP contribution in [0.2, 0.25) is 0 Å². The van der Waals surface area contributed by atoms with Gasteiger partial charge in [0.15, 0.2) is 5.54 Å². The SMILES string of the molecule is COc1ccc(-n2nc(CCC(=O)NC(C)(C(=O)O)c3cc(C)cc(F)c3)cc2-c2cccc(F)c2)cc1. The van der Waals surface area contributed by atoms with Gasteiger partial charge < -0.3 is 15.2 Å². The molecular weight excluding hydrogens is 492 g/mol. The average Bonchev–Trinajstić information content (AvgIpc) is 3.31. The van der Waals surface area contributed by atoms with Crippen molar-refractivity contribution in [1.82, 2.24) is 15.1 Å². The second kappa shape index (κ2) is 10.8. The second-order valence-electron chi connectivity index (χ2n) is 9.14. The molecule has 1 heterocycles. The number of rotatable bonds is 9. The van der Waals surface area contributed by atoms with Crippen LogP contribution >= 0.6 is 0 Å². The minimum Gasteiger partial charge on any atom is -0.497 e. The van der Waals surface area contributed by atoms with Crippen LogP contribution in [0.1, 0.15) is 30.2 Å². The molecule has 1 aromatic heterocycles. The lowest BCUT2D eigenvalue weighted by atomic mass is 9.90. The zero-order valence-corrected chi connectivity index (χ0v) is 21.2. The fourth-order valence-electron chi connectivity index (χ4n) is 4.18. The van der Waals surface area contributed by atoms with Crippen molar-refractivity contribution in [1.29, 1.82) is 0 Å². The van der Waals surface area contributed by atoms with E-state index in [4.69, 9.17) is 4.74 Å². The lowest BCUT2D eigenvalue weighted by Crippen LogP contribution is -2.49. The molecule has 7 nitrogen and oxygen atoms in total. The molecular formula is C29H27F2N3O4. The molecule has 4 rings (SSSR count). The summed E-state index contributed by atoms with van der Waals surface area (Å²) in [7, 11) is 1.56. The van der Waals surface area contributed by atoms with Crippen LogP contribution in [-0.4, -0.2) is 33.9 Å². The van der Waals surface area contributed by atoms with Gasteiger partial charge in [0.1, 0.15) is 17.4 Å². The monoisotopic (exact) mass is 519 g/mol. The minimum atomic E-state index is -1.82. The van der Waals surface area contributed by atoms with Crippen molar-refractivity contribution in [2.45, 2.75) is 32.2 Å². The molecule has 0 spiro atoms. The highest BCUT2D eigenvalue weighted by atomic mass is 19.1. The summed E-state index contributed by atoms with van der Waals surface area (Å²) in [5.74, 6) is -2.17. The van der Waals surface area contributed by atoms with Crippen LogP contribution in [0.5, 0.6) is 5.75 Å². The van der Waals surface area contributed by atoms with Crippen LogP contribution in [0.25, 0.3) is 16.9 Å². The third-order valence-corrected chi connectivity index (χ3v) is 6.24. The molecule has 9 heteroatoms. The second-order valence-corrected chi connectivity index (χ2v) is 9.14. The summed E-state index contributed by atoms with van der Waals surface area (Å²) >= 11 is 0. The number of aryl methyl sites for hydroxylation is 2. The van der Waals surface area contributed by atoms with Crippen molar-refractivity contribution in [3.63, 3.8) is 0 Å². The number of halogens is 2. The summed E-state index contributed by atoms with van der Waals surface area (Å²) in [6.45, 7) is 2.97. The summed E-state index contributed by atoms with van der Waals surface area (Å²) in [4.78, 5) is 25.0. The summed E-state index contributed by atoms with van der Waals surface area (Å²) in [6.07, 6.45) is 0.120. The number of carbonyl (C=O) groups excluding carboxylic acids is 1. The van der Waals surface area contributed by atoms with Gasteiger partial charge in [0.05, 0.1) is 24.2 Å². The third kappa shape index (κ3) is 5.72. The number of methoxy groups -OCH3 is 1. The van der Waals surface area contributed by atoms with E-state index in [0.29, 0.717) is 34.0 Å². The largest absolute Gasteiger partial charge is 0.497 e. The van der Waals surface area contributed by atoms with Gasteiger partial charge in [-0.25, -0.2) is 18.3 Å². The molecule has 2 N–H and O–H groups in total. The van der Waals surface area contributed by atoms with Crippen LogP contribution in [0.3, 0.4) is 0 Å². The Morgan fingerprint density at radius 1 is 1.03 bits per heavy atom. The Morgan fingerprint density at radius 2 is 1.76 bits per heavy atom. The van der Waals surface area contributed by atoms with Crippen molar-refractivity contribution in [2.24, 2.45) is 0 Å². The van der Waals surface area contributed by atoms with Gasteiger partial charge >= 0.3 is 5.97 Å². The first-order chi connectivity index (χ1) is 18.1. The zero-order valence-electron chi connectivity index (χ0n) is 21.2. The highest BCUT2D eigenvalue weighted by Gasteiger charge is 2.37. The van der Waals surface area contributed by atoms with E-state index < -0.39 is 29.0 Å². The lowest BCUT2D eigenvalue weighted by Gasteiger charge is -2.27. The lowest BCUT2D eigenvalue weighted by molar-refractivity contribution is -0.147. The number of benzene rings is 3. The van der Waals surface area contributed by atoms with E-state index in [9.17, 15) is 23.5 Å². The first-order valence-corrected chi connectivity index (χ1v) is 11.9. The molecule has 0 saturated heterocycles. The van der Waals surface area contributed by atoms with E-state index in [1.54, 1.807) is 49.0 Å². The van der Waals surface area contributed by atoms with Crippen LogP contribution in [0.15, 0.2) is 72.8 Å². The molecule has 38 heavy (non-hydrogen) atoms. The molecule has 0 aliphatic rings. The van der Waals surface area contributed by atoms with Gasteiger partial charge in [-0.2, -0.15) is 5.10 Å². The Bertz CT molecular complexity index is 1460. The Morgan fingerprint density at radius 3 is 2.39 bits per heavy atom. The maximum atomic E-state index is 14.0. The summed E-state index contributed by atoms with van der Waals surface area (Å²) < 4.78 is 34.8. The number of hydrogen-bond donors (Lipinski definition) is 2. The maximum absolute atomic E-state index is 14.0. The molecule has 1 unspecified atom stereocenters. The summed E-state index contributed by atoms with van der Waals surface area (Å²) in [5, 5.41) is 17.0. The number of carboxylic acid groups (broad SMARTS) is 1. The van der Waals surface area contributed by atoms with Crippen LogP contribution in [-0.2, 0) is 21.5 Å². The van der Waals surface area contributed by atoms with E-state index in [2.05, 4.69) is 10.4 Å². The number of aliphatic carboxylic acids is 1. The molecule has 3 aromatic carbocycles. The Hall–Kier alpha value is -4.53. The highest BCUT2D eigenvalue weighted by molar-refractivity contribution is 5.88. The van der Waals surface area contributed by atoms with Crippen molar-refractivity contribution < 1.29 is 28.2 Å². The number of amides is 1. The maximum Gasteiger partial charge on any atom is 0.333 e. The van der Waals surface area contributed by atoms with E-state index in [1.165, 1.54) is 31.2 Å². The number of hydrogen-bond acceptors (Lipinski definition) is 4. The van der Waals surface area contributed by atoms with Crippen LogP contribution in [0.4, 0.5) is 8.78 Å². The summed E-state index contributed by atoms with van der Waals surface area (Å²) in [6, 6.07) is 19.0. The van der Waals surface area contributed by atoms with Crippen molar-refractivity contribution >= 4 is 11.9 Å². The predicted molar refractivity (Wildman–Crippen MR) is 138 cm³/mol. The van der Waals surface area contributed by atoms with Crippen molar-refractivity contribution in [3.05, 3.63) is 101 Å². The normalized spacial score (nSPS) is 12.6. The van der Waals surface area contributed by atoms with Crippen LogP contribution < -0.4 is 10.1 Å². The molecule has 0 fully saturated rings. The molecule has 4 aromatic rings. The number of aromatic nitrogens is 2. The number of nitrogens with zero attached hydrogens (tertiary/aromatic N) is 2. The number of carbonyl (C=O) groups is 2. The fourth-order valence-corrected chi connectivity index (χ4v) is 4.18. The average molecular weight is 520 g/mol. The number of nitrogens with one attached hydrogen (secondary N) is 1. The number of carboxylic acids is 1. The van der Waals surface area contributed by atoms with E-state index in [1.807, 2.05) is 12.1 Å². The van der Waals surface area contributed by atoms with Gasteiger partial charge in [-0.05, 0) is 79.6 Å². The Kier molecular flexibility index (Phi) is 7.57. The van der Waals surface area contributed by atoms with Gasteiger partial charge in [-0.15, -0.1) is 0 Å². The van der Waals surface area contributed by atoms with Gasteiger partial charge in [0, 0.05) is 18.4 Å². The molecule has 0 aliphatic heterocycles. The number of ether oxygens (including phenoxy) is 1.